The van der Waals surface area contributed by atoms with Gasteiger partial charge in [-0.15, -0.1) is 21.5 Å². The molecule has 132 valence electrons. The molecule has 0 unspecified atom stereocenters. The number of rotatable bonds is 5. The summed E-state index contributed by atoms with van der Waals surface area (Å²) in [5.74, 6) is 2.63. The van der Waals surface area contributed by atoms with Crippen LogP contribution in [0.2, 0.25) is 0 Å². The first-order chi connectivity index (χ1) is 12.6. The van der Waals surface area contributed by atoms with E-state index in [1.807, 2.05) is 36.6 Å². The number of hydrogen-bond acceptors (Lipinski definition) is 7. The maximum absolute atomic E-state index is 5.80. The monoisotopic (exact) mass is 383 g/mol. The minimum absolute atomic E-state index is 0.527. The fraction of sp³-hybridized carbons (Fsp3) is 0.211. The minimum atomic E-state index is 0.527. The highest BCUT2D eigenvalue weighted by atomic mass is 32.2. The summed E-state index contributed by atoms with van der Waals surface area (Å²) < 4.78 is 11.6. The number of hydrogen-bond donors (Lipinski definition) is 0. The minimum Gasteiger partial charge on any atom is -0.440 e. The fourth-order valence-electron chi connectivity index (χ4n) is 2.68. The summed E-state index contributed by atoms with van der Waals surface area (Å²) >= 11 is 3.07. The first kappa shape index (κ1) is 17.1. The summed E-state index contributed by atoms with van der Waals surface area (Å²) in [4.78, 5) is 5.62. The van der Waals surface area contributed by atoms with Crippen molar-refractivity contribution in [1.82, 2.24) is 15.2 Å². The van der Waals surface area contributed by atoms with Crippen LogP contribution in [0.25, 0.3) is 22.2 Å². The molecule has 0 spiro atoms. The van der Waals surface area contributed by atoms with E-state index in [4.69, 9.17) is 8.83 Å². The van der Waals surface area contributed by atoms with Crippen LogP contribution in [0.1, 0.15) is 22.6 Å². The Morgan fingerprint density at radius 1 is 1.00 bits per heavy atom. The van der Waals surface area contributed by atoms with Gasteiger partial charge in [-0.05, 0) is 44.4 Å². The largest absolute Gasteiger partial charge is 0.440 e. The number of oxazole rings is 1. The van der Waals surface area contributed by atoms with Crippen molar-refractivity contribution >= 4 is 23.1 Å². The van der Waals surface area contributed by atoms with Crippen LogP contribution in [0.5, 0.6) is 0 Å². The Balaban J connectivity index is 1.48. The lowest BCUT2D eigenvalue weighted by Gasteiger charge is -2.00. The number of aromatic nitrogens is 3. The molecule has 3 heterocycles. The molecule has 0 bridgehead atoms. The Morgan fingerprint density at radius 2 is 1.81 bits per heavy atom. The van der Waals surface area contributed by atoms with E-state index in [2.05, 4.69) is 35.1 Å². The SMILES string of the molecule is Cc1cc(C)cc(-c2nnc(SCc3nc(-c4cccs4)oc3C)o2)c1. The zero-order valence-electron chi connectivity index (χ0n) is 14.6. The van der Waals surface area contributed by atoms with Gasteiger partial charge in [-0.25, -0.2) is 4.98 Å². The smallest absolute Gasteiger partial charge is 0.277 e. The van der Waals surface area contributed by atoms with Crippen molar-refractivity contribution in [2.75, 3.05) is 0 Å². The summed E-state index contributed by atoms with van der Waals surface area (Å²) in [6, 6.07) is 10.2. The van der Waals surface area contributed by atoms with Gasteiger partial charge in [0.25, 0.3) is 5.22 Å². The van der Waals surface area contributed by atoms with Crippen LogP contribution in [0.3, 0.4) is 0 Å². The topological polar surface area (TPSA) is 65.0 Å². The molecule has 0 radical (unpaired) electrons. The van der Waals surface area contributed by atoms with Crippen molar-refractivity contribution in [2.24, 2.45) is 0 Å². The van der Waals surface area contributed by atoms with Crippen LogP contribution in [-0.4, -0.2) is 15.2 Å². The molecule has 0 fully saturated rings. The lowest BCUT2D eigenvalue weighted by molar-refractivity contribution is 0.465. The maximum atomic E-state index is 5.80. The zero-order valence-corrected chi connectivity index (χ0v) is 16.3. The van der Waals surface area contributed by atoms with Gasteiger partial charge in [0.1, 0.15) is 5.76 Å². The van der Waals surface area contributed by atoms with Crippen molar-refractivity contribution in [3.63, 3.8) is 0 Å². The van der Waals surface area contributed by atoms with Crippen molar-refractivity contribution in [1.29, 1.82) is 0 Å². The second-order valence-electron chi connectivity index (χ2n) is 6.04. The Kier molecular flexibility index (Phi) is 4.65. The van der Waals surface area contributed by atoms with Gasteiger partial charge in [-0.1, -0.05) is 35.0 Å². The molecule has 0 atom stereocenters. The van der Waals surface area contributed by atoms with Gasteiger partial charge >= 0.3 is 0 Å². The standard InChI is InChI=1S/C19H17N3O2S2/c1-11-7-12(2)9-14(8-11)17-21-22-19(24-17)26-10-15-13(3)23-18(20-15)16-5-4-6-25-16/h4-9H,10H2,1-3H3. The van der Waals surface area contributed by atoms with Crippen molar-refractivity contribution in [3.8, 4) is 22.2 Å². The van der Waals surface area contributed by atoms with Gasteiger partial charge in [0, 0.05) is 11.3 Å². The van der Waals surface area contributed by atoms with E-state index in [0.717, 1.165) is 21.9 Å². The predicted octanol–water partition coefficient (Wildman–Crippen LogP) is 5.67. The molecule has 0 saturated heterocycles. The highest BCUT2D eigenvalue weighted by Crippen LogP contribution is 2.30. The fourth-order valence-corrected chi connectivity index (χ4v) is 4.09. The van der Waals surface area contributed by atoms with Gasteiger partial charge in [-0.3, -0.25) is 0 Å². The average Bonchev–Trinajstić information content (AvgIpc) is 3.33. The highest BCUT2D eigenvalue weighted by molar-refractivity contribution is 7.98. The lowest BCUT2D eigenvalue weighted by Crippen LogP contribution is -1.84. The number of benzene rings is 1. The average molecular weight is 383 g/mol. The molecule has 0 aliphatic heterocycles. The molecular formula is C19H17N3O2S2. The predicted molar refractivity (Wildman–Crippen MR) is 103 cm³/mol. The molecule has 0 saturated carbocycles. The van der Waals surface area contributed by atoms with Gasteiger partial charge < -0.3 is 8.83 Å². The van der Waals surface area contributed by atoms with Crippen LogP contribution in [-0.2, 0) is 5.75 Å². The van der Waals surface area contributed by atoms with Gasteiger partial charge in [0.2, 0.25) is 11.8 Å². The number of nitrogens with zero attached hydrogens (tertiary/aromatic N) is 3. The summed E-state index contributed by atoms with van der Waals surface area (Å²) in [7, 11) is 0. The quantitative estimate of drug-likeness (QED) is 0.414. The van der Waals surface area contributed by atoms with Gasteiger partial charge in [0.15, 0.2) is 0 Å². The Bertz CT molecular complexity index is 1010. The molecule has 4 aromatic rings. The Morgan fingerprint density at radius 3 is 2.54 bits per heavy atom. The molecule has 7 heteroatoms. The summed E-state index contributed by atoms with van der Waals surface area (Å²) in [6.45, 7) is 6.04. The van der Waals surface area contributed by atoms with E-state index in [1.165, 1.54) is 22.9 Å². The number of thioether (sulfide) groups is 1. The molecule has 4 rings (SSSR count). The van der Waals surface area contributed by atoms with Crippen molar-refractivity contribution < 1.29 is 8.83 Å². The molecule has 0 aliphatic rings. The summed E-state index contributed by atoms with van der Waals surface area (Å²) in [5.41, 5.74) is 4.18. The van der Waals surface area contributed by atoms with Crippen LogP contribution in [0.4, 0.5) is 0 Å². The van der Waals surface area contributed by atoms with E-state index in [9.17, 15) is 0 Å². The van der Waals surface area contributed by atoms with Crippen molar-refractivity contribution in [3.05, 3.63) is 58.3 Å². The molecule has 1 aromatic carbocycles. The molecule has 5 nitrogen and oxygen atoms in total. The van der Waals surface area contributed by atoms with E-state index in [-0.39, 0.29) is 0 Å². The summed E-state index contributed by atoms with van der Waals surface area (Å²) in [5, 5.41) is 10.9. The van der Waals surface area contributed by atoms with E-state index < -0.39 is 0 Å². The first-order valence-corrected chi connectivity index (χ1v) is 10.00. The van der Waals surface area contributed by atoms with E-state index in [0.29, 0.717) is 22.8 Å². The first-order valence-electron chi connectivity index (χ1n) is 8.13. The Hall–Kier alpha value is -2.38. The molecule has 3 aromatic heterocycles. The maximum Gasteiger partial charge on any atom is 0.277 e. The third-order valence-corrected chi connectivity index (χ3v) is 5.52. The van der Waals surface area contributed by atoms with Crippen LogP contribution in [0, 0.1) is 20.8 Å². The van der Waals surface area contributed by atoms with Crippen molar-refractivity contribution in [2.45, 2.75) is 31.7 Å². The third-order valence-electron chi connectivity index (χ3n) is 3.83. The molecule has 26 heavy (non-hydrogen) atoms. The van der Waals surface area contributed by atoms with E-state index in [1.54, 1.807) is 11.3 Å². The molecular weight excluding hydrogens is 366 g/mol. The van der Waals surface area contributed by atoms with E-state index >= 15 is 0 Å². The van der Waals surface area contributed by atoms with Crippen LogP contribution < -0.4 is 0 Å². The molecule has 0 aliphatic carbocycles. The number of aryl methyl sites for hydroxylation is 3. The van der Waals surface area contributed by atoms with Crippen LogP contribution >= 0.6 is 23.1 Å². The highest BCUT2D eigenvalue weighted by Gasteiger charge is 2.15. The van der Waals surface area contributed by atoms with Crippen LogP contribution in [0.15, 0.2) is 49.8 Å². The third kappa shape index (κ3) is 3.59. The molecule has 0 amide bonds. The second-order valence-corrected chi connectivity index (χ2v) is 7.91. The zero-order chi connectivity index (χ0) is 18.1. The normalized spacial score (nSPS) is 11.2. The summed E-state index contributed by atoms with van der Waals surface area (Å²) in [6.07, 6.45) is 0. The second kappa shape index (κ2) is 7.09. The number of thiophene rings is 1. The Labute approximate surface area is 159 Å². The molecule has 0 N–H and O–H groups in total. The van der Waals surface area contributed by atoms with Gasteiger partial charge in [0.05, 0.1) is 10.6 Å². The van der Waals surface area contributed by atoms with Gasteiger partial charge in [-0.2, -0.15) is 0 Å². The lowest BCUT2D eigenvalue weighted by atomic mass is 10.1.